The molecule has 0 aromatic heterocycles. The first kappa shape index (κ1) is 11.9. The van der Waals surface area contributed by atoms with Crippen molar-refractivity contribution in [2.75, 3.05) is 6.54 Å². The Labute approximate surface area is 98.5 Å². The summed E-state index contributed by atoms with van der Waals surface area (Å²) in [5, 5.41) is 3.44. The second-order valence-electron chi connectivity index (χ2n) is 5.56. The van der Waals surface area contributed by atoms with Gasteiger partial charge in [0.15, 0.2) is 0 Å². The Morgan fingerprint density at radius 2 is 2.12 bits per heavy atom. The summed E-state index contributed by atoms with van der Waals surface area (Å²) in [6.07, 6.45) is 4.88. The van der Waals surface area contributed by atoms with Crippen LogP contribution >= 0.6 is 0 Å². The van der Waals surface area contributed by atoms with E-state index in [1.54, 1.807) is 0 Å². The average Bonchev–Trinajstić information content (AvgIpc) is 2.61. The maximum absolute atomic E-state index is 14.3. The maximum Gasteiger partial charge on any atom is 0.111 e. The molecule has 0 saturated heterocycles. The van der Waals surface area contributed by atoms with Crippen LogP contribution in [-0.2, 0) is 0 Å². The Balaban J connectivity index is 2.18. The first-order valence-electron chi connectivity index (χ1n) is 6.74. The summed E-state index contributed by atoms with van der Waals surface area (Å²) in [4.78, 5) is 0. The fourth-order valence-corrected chi connectivity index (χ4v) is 3.28. The Hall–Kier alpha value is -0.530. The molecule has 4 unspecified atom stereocenters. The van der Waals surface area contributed by atoms with Crippen molar-refractivity contribution < 1.29 is 4.39 Å². The molecule has 92 valence electrons. The minimum Gasteiger partial charge on any atom is -0.388 e. The van der Waals surface area contributed by atoms with Crippen molar-refractivity contribution in [3.05, 3.63) is 11.8 Å². The van der Waals surface area contributed by atoms with Gasteiger partial charge in [-0.25, -0.2) is 4.39 Å². The number of halogens is 1. The molecule has 0 aliphatic heterocycles. The molecule has 2 heteroatoms. The molecule has 2 rings (SSSR count). The third kappa shape index (κ3) is 1.99. The van der Waals surface area contributed by atoms with Crippen molar-refractivity contribution in [2.24, 2.45) is 23.7 Å². The molecule has 1 N–H and O–H groups in total. The van der Waals surface area contributed by atoms with E-state index in [0.717, 1.165) is 25.8 Å². The summed E-state index contributed by atoms with van der Waals surface area (Å²) in [6.45, 7) is 7.57. The lowest BCUT2D eigenvalue weighted by Gasteiger charge is -2.23. The molecule has 1 saturated carbocycles. The van der Waals surface area contributed by atoms with Crippen LogP contribution in [-0.4, -0.2) is 12.7 Å². The number of rotatable bonds is 3. The molecule has 2 aliphatic rings. The van der Waals surface area contributed by atoms with Crippen LogP contribution in [0.15, 0.2) is 11.8 Å². The van der Waals surface area contributed by atoms with Crippen LogP contribution in [0.2, 0.25) is 0 Å². The molecular formula is C14H24FN. The highest BCUT2D eigenvalue weighted by Crippen LogP contribution is 2.46. The molecule has 0 amide bonds. The van der Waals surface area contributed by atoms with Crippen LogP contribution in [0.1, 0.15) is 40.0 Å². The van der Waals surface area contributed by atoms with Crippen LogP contribution in [0.4, 0.5) is 4.39 Å². The fourth-order valence-electron chi connectivity index (χ4n) is 3.28. The number of hydrogen-bond acceptors (Lipinski definition) is 1. The molecule has 0 heterocycles. The van der Waals surface area contributed by atoms with Gasteiger partial charge in [-0.3, -0.25) is 0 Å². The molecule has 1 fully saturated rings. The number of nitrogens with one attached hydrogen (secondary N) is 1. The highest BCUT2D eigenvalue weighted by Gasteiger charge is 2.44. The van der Waals surface area contributed by atoms with Gasteiger partial charge in [0.1, 0.15) is 6.17 Å². The predicted octanol–water partition coefficient (Wildman–Crippen LogP) is 3.52. The van der Waals surface area contributed by atoms with Gasteiger partial charge in [0.25, 0.3) is 0 Å². The van der Waals surface area contributed by atoms with Gasteiger partial charge in [0, 0.05) is 18.2 Å². The lowest BCUT2D eigenvalue weighted by Crippen LogP contribution is -2.26. The highest BCUT2D eigenvalue weighted by atomic mass is 19.1. The molecule has 0 radical (unpaired) electrons. The third-order valence-corrected chi connectivity index (χ3v) is 4.53. The molecule has 0 spiro atoms. The molecule has 5 atom stereocenters. The van der Waals surface area contributed by atoms with Gasteiger partial charge < -0.3 is 5.32 Å². The molecular weight excluding hydrogens is 201 g/mol. The standard InChI is InChI=1S/C14H24FN/c1-4-7-16-13-8-9(2)10(3)11-5-6-12(13)14(11)15/h8-12,14,16H,4-7H2,1-3H3/t9-,10?,11?,12?,14?/m0/s1. The summed E-state index contributed by atoms with van der Waals surface area (Å²) >= 11 is 0. The van der Waals surface area contributed by atoms with Gasteiger partial charge >= 0.3 is 0 Å². The van der Waals surface area contributed by atoms with E-state index in [4.69, 9.17) is 0 Å². The minimum absolute atomic E-state index is 0.156. The zero-order valence-electron chi connectivity index (χ0n) is 10.7. The molecule has 2 bridgehead atoms. The Morgan fingerprint density at radius 3 is 2.81 bits per heavy atom. The fraction of sp³-hybridized carbons (Fsp3) is 0.857. The number of hydrogen-bond donors (Lipinski definition) is 1. The molecule has 1 nitrogen and oxygen atoms in total. The zero-order valence-corrected chi connectivity index (χ0v) is 10.7. The van der Waals surface area contributed by atoms with E-state index >= 15 is 0 Å². The van der Waals surface area contributed by atoms with Gasteiger partial charge in [-0.1, -0.05) is 26.8 Å². The van der Waals surface area contributed by atoms with E-state index in [2.05, 4.69) is 32.2 Å². The first-order valence-corrected chi connectivity index (χ1v) is 6.74. The second-order valence-corrected chi connectivity index (χ2v) is 5.56. The number of allylic oxidation sites excluding steroid dienone is 2. The van der Waals surface area contributed by atoms with Crippen molar-refractivity contribution >= 4 is 0 Å². The Bertz CT molecular complexity index is 274. The van der Waals surface area contributed by atoms with E-state index in [1.807, 2.05) is 0 Å². The predicted molar refractivity (Wildman–Crippen MR) is 65.8 cm³/mol. The van der Waals surface area contributed by atoms with Crippen LogP contribution < -0.4 is 5.32 Å². The van der Waals surface area contributed by atoms with Crippen molar-refractivity contribution in [2.45, 2.75) is 46.2 Å². The van der Waals surface area contributed by atoms with Gasteiger partial charge in [-0.2, -0.15) is 0 Å². The summed E-state index contributed by atoms with van der Waals surface area (Å²) in [5.74, 6) is 1.44. The summed E-state index contributed by atoms with van der Waals surface area (Å²) in [6, 6.07) is 0. The largest absolute Gasteiger partial charge is 0.388 e. The normalized spacial score (nSPS) is 42.8. The lowest BCUT2D eigenvalue weighted by molar-refractivity contribution is 0.168. The van der Waals surface area contributed by atoms with Crippen molar-refractivity contribution in [3.8, 4) is 0 Å². The molecule has 16 heavy (non-hydrogen) atoms. The van der Waals surface area contributed by atoms with Crippen LogP contribution in [0.5, 0.6) is 0 Å². The minimum atomic E-state index is -0.615. The topological polar surface area (TPSA) is 12.0 Å². The van der Waals surface area contributed by atoms with E-state index in [9.17, 15) is 4.39 Å². The van der Waals surface area contributed by atoms with E-state index in [1.165, 1.54) is 5.70 Å². The van der Waals surface area contributed by atoms with E-state index in [0.29, 0.717) is 11.8 Å². The summed E-state index contributed by atoms with van der Waals surface area (Å²) < 4.78 is 14.3. The Morgan fingerprint density at radius 1 is 1.38 bits per heavy atom. The van der Waals surface area contributed by atoms with Crippen molar-refractivity contribution in [1.29, 1.82) is 0 Å². The Kier molecular flexibility index (Phi) is 3.56. The quantitative estimate of drug-likeness (QED) is 0.775. The van der Waals surface area contributed by atoms with Crippen molar-refractivity contribution in [1.82, 2.24) is 5.32 Å². The average molecular weight is 225 g/mol. The number of fused-ring (bicyclic) bond motifs is 2. The smallest absolute Gasteiger partial charge is 0.111 e. The molecule has 2 aliphatic carbocycles. The van der Waals surface area contributed by atoms with Crippen molar-refractivity contribution in [3.63, 3.8) is 0 Å². The van der Waals surface area contributed by atoms with E-state index < -0.39 is 6.17 Å². The third-order valence-electron chi connectivity index (χ3n) is 4.53. The van der Waals surface area contributed by atoms with Crippen LogP contribution in [0.3, 0.4) is 0 Å². The highest BCUT2D eigenvalue weighted by molar-refractivity contribution is 5.16. The molecule has 0 aromatic rings. The lowest BCUT2D eigenvalue weighted by atomic mass is 9.83. The second kappa shape index (κ2) is 4.77. The monoisotopic (exact) mass is 225 g/mol. The van der Waals surface area contributed by atoms with E-state index in [-0.39, 0.29) is 11.8 Å². The zero-order chi connectivity index (χ0) is 11.7. The van der Waals surface area contributed by atoms with Gasteiger partial charge in [-0.15, -0.1) is 0 Å². The SMILES string of the molecule is CCCNC1=C[C@H](C)C(C)C2CCC1C2F. The van der Waals surface area contributed by atoms with Gasteiger partial charge in [0.2, 0.25) is 0 Å². The van der Waals surface area contributed by atoms with Gasteiger partial charge in [-0.05, 0) is 37.0 Å². The maximum atomic E-state index is 14.3. The van der Waals surface area contributed by atoms with Crippen LogP contribution in [0, 0.1) is 23.7 Å². The van der Waals surface area contributed by atoms with Gasteiger partial charge in [0.05, 0.1) is 0 Å². The summed E-state index contributed by atoms with van der Waals surface area (Å²) in [5.41, 5.74) is 1.19. The van der Waals surface area contributed by atoms with Crippen LogP contribution in [0.25, 0.3) is 0 Å². The molecule has 0 aromatic carbocycles. The summed E-state index contributed by atoms with van der Waals surface area (Å²) in [7, 11) is 0. The number of alkyl halides is 1. The first-order chi connectivity index (χ1) is 7.65.